The zero-order chi connectivity index (χ0) is 12.8. The number of nitrogens with zero attached hydrogens (tertiary/aromatic N) is 1. The molecule has 0 atom stereocenters. The number of ether oxygens (including phenoxy) is 3. The van der Waals surface area contributed by atoms with E-state index >= 15 is 0 Å². The fourth-order valence-corrected chi connectivity index (χ4v) is 1.66. The summed E-state index contributed by atoms with van der Waals surface area (Å²) in [4.78, 5) is 2.06. The first-order chi connectivity index (χ1) is 8.15. The molecule has 0 spiro atoms. The minimum absolute atomic E-state index is 0.668. The lowest BCUT2D eigenvalue weighted by molar-refractivity contribution is 0.338. The summed E-state index contributed by atoms with van der Waals surface area (Å²) in [6, 6.07) is 3.76. The highest BCUT2D eigenvalue weighted by atomic mass is 32.1. The Bertz CT molecular complexity index is 371. The van der Waals surface area contributed by atoms with Crippen LogP contribution in [0.2, 0.25) is 0 Å². The van der Waals surface area contributed by atoms with E-state index in [1.807, 2.05) is 19.2 Å². The molecule has 5 heteroatoms. The van der Waals surface area contributed by atoms with Crippen molar-refractivity contribution in [2.45, 2.75) is 6.54 Å². The highest BCUT2D eigenvalue weighted by molar-refractivity contribution is 7.80. The van der Waals surface area contributed by atoms with Gasteiger partial charge in [-0.2, -0.15) is 12.6 Å². The average Bonchev–Trinajstić information content (AvgIpc) is 2.37. The van der Waals surface area contributed by atoms with Gasteiger partial charge in [-0.3, -0.25) is 4.90 Å². The summed E-state index contributed by atoms with van der Waals surface area (Å²) in [5.41, 5.74) is 1.04. The summed E-state index contributed by atoms with van der Waals surface area (Å²) in [7, 11) is 6.86. The predicted octanol–water partition coefficient (Wildman–Crippen LogP) is 2.03. The third-order valence-corrected chi connectivity index (χ3v) is 2.95. The van der Waals surface area contributed by atoms with Gasteiger partial charge >= 0.3 is 0 Å². The van der Waals surface area contributed by atoms with Gasteiger partial charge in [-0.15, -0.1) is 0 Å². The SMILES string of the molecule is COc1cc(OC)c(OC)cc1CN(C)CS. The molecule has 0 aromatic heterocycles. The Morgan fingerprint density at radius 3 is 2.00 bits per heavy atom. The van der Waals surface area contributed by atoms with E-state index in [0.29, 0.717) is 17.4 Å². The number of methoxy groups -OCH3 is 3. The van der Waals surface area contributed by atoms with Gasteiger partial charge in [0.2, 0.25) is 0 Å². The van der Waals surface area contributed by atoms with E-state index in [9.17, 15) is 0 Å². The minimum atomic E-state index is 0.668. The molecular formula is C12H19NO3S. The fraction of sp³-hybridized carbons (Fsp3) is 0.500. The number of hydrogen-bond donors (Lipinski definition) is 1. The molecule has 0 bridgehead atoms. The van der Waals surface area contributed by atoms with E-state index in [1.165, 1.54) is 0 Å². The molecule has 0 saturated heterocycles. The Hall–Kier alpha value is -1.07. The summed E-state index contributed by atoms with van der Waals surface area (Å²) < 4.78 is 15.9. The maximum atomic E-state index is 5.35. The number of thiol groups is 1. The van der Waals surface area contributed by atoms with Crippen molar-refractivity contribution in [1.82, 2.24) is 4.90 Å². The molecule has 0 unspecified atom stereocenters. The number of benzene rings is 1. The molecule has 0 fully saturated rings. The lowest BCUT2D eigenvalue weighted by Gasteiger charge is -2.18. The van der Waals surface area contributed by atoms with Crippen LogP contribution < -0.4 is 14.2 Å². The first-order valence-electron chi connectivity index (χ1n) is 5.24. The highest BCUT2D eigenvalue weighted by Gasteiger charge is 2.12. The molecule has 0 amide bonds. The van der Waals surface area contributed by atoms with Crippen LogP contribution in [0, 0.1) is 0 Å². The van der Waals surface area contributed by atoms with E-state index in [0.717, 1.165) is 17.9 Å². The molecule has 0 radical (unpaired) electrons. The lowest BCUT2D eigenvalue weighted by atomic mass is 10.1. The van der Waals surface area contributed by atoms with Gasteiger partial charge in [0.25, 0.3) is 0 Å². The maximum Gasteiger partial charge on any atom is 0.164 e. The summed E-state index contributed by atoms with van der Waals surface area (Å²) in [6.45, 7) is 0.743. The van der Waals surface area contributed by atoms with Crippen LogP contribution in [0.25, 0.3) is 0 Å². The molecule has 0 N–H and O–H groups in total. The third-order valence-electron chi connectivity index (χ3n) is 2.47. The first kappa shape index (κ1) is 14.0. The average molecular weight is 257 g/mol. The van der Waals surface area contributed by atoms with Gasteiger partial charge in [-0.05, 0) is 13.1 Å². The molecule has 1 aromatic rings. The minimum Gasteiger partial charge on any atom is -0.496 e. The molecule has 1 rings (SSSR count). The number of rotatable bonds is 6. The Morgan fingerprint density at radius 2 is 1.53 bits per heavy atom. The second-order valence-electron chi connectivity index (χ2n) is 3.67. The molecule has 0 aliphatic heterocycles. The van der Waals surface area contributed by atoms with Crippen LogP contribution in [0.15, 0.2) is 12.1 Å². The molecule has 0 heterocycles. The predicted molar refractivity (Wildman–Crippen MR) is 71.4 cm³/mol. The van der Waals surface area contributed by atoms with E-state index in [1.54, 1.807) is 21.3 Å². The van der Waals surface area contributed by atoms with Crippen LogP contribution in [0.3, 0.4) is 0 Å². The van der Waals surface area contributed by atoms with Crippen molar-refractivity contribution in [2.75, 3.05) is 34.3 Å². The lowest BCUT2D eigenvalue weighted by Crippen LogP contribution is -2.16. The quantitative estimate of drug-likeness (QED) is 0.624. The van der Waals surface area contributed by atoms with E-state index in [4.69, 9.17) is 14.2 Å². The largest absolute Gasteiger partial charge is 0.496 e. The van der Waals surface area contributed by atoms with Gasteiger partial charge in [0.05, 0.1) is 21.3 Å². The molecular weight excluding hydrogens is 238 g/mol. The fourth-order valence-electron chi connectivity index (χ4n) is 1.56. The van der Waals surface area contributed by atoms with Crippen LogP contribution >= 0.6 is 12.6 Å². The zero-order valence-corrected chi connectivity index (χ0v) is 11.6. The van der Waals surface area contributed by atoms with Gasteiger partial charge < -0.3 is 14.2 Å². The third kappa shape index (κ3) is 3.44. The van der Waals surface area contributed by atoms with Crippen molar-refractivity contribution in [3.8, 4) is 17.2 Å². The van der Waals surface area contributed by atoms with Gasteiger partial charge in [-0.25, -0.2) is 0 Å². The van der Waals surface area contributed by atoms with Gasteiger partial charge in [0.15, 0.2) is 11.5 Å². The Balaban J connectivity index is 3.09. The monoisotopic (exact) mass is 257 g/mol. The molecule has 0 aliphatic rings. The summed E-state index contributed by atoms with van der Waals surface area (Å²) in [6.07, 6.45) is 0. The summed E-state index contributed by atoms with van der Waals surface area (Å²) in [5, 5.41) is 0. The molecule has 96 valence electrons. The molecule has 0 aliphatic carbocycles. The molecule has 4 nitrogen and oxygen atoms in total. The van der Waals surface area contributed by atoms with Crippen LogP contribution in [0.4, 0.5) is 0 Å². The highest BCUT2D eigenvalue weighted by Crippen LogP contribution is 2.35. The Morgan fingerprint density at radius 1 is 1.00 bits per heavy atom. The van der Waals surface area contributed by atoms with Crippen LogP contribution in [0.5, 0.6) is 17.2 Å². The molecule has 0 saturated carbocycles. The van der Waals surface area contributed by atoms with E-state index in [-0.39, 0.29) is 0 Å². The van der Waals surface area contributed by atoms with Crippen molar-refractivity contribution in [3.63, 3.8) is 0 Å². The Kier molecular flexibility index (Phi) is 5.44. The summed E-state index contributed by atoms with van der Waals surface area (Å²) in [5.74, 6) is 2.84. The van der Waals surface area contributed by atoms with Crippen molar-refractivity contribution in [1.29, 1.82) is 0 Å². The van der Waals surface area contributed by atoms with E-state index < -0.39 is 0 Å². The van der Waals surface area contributed by atoms with Gasteiger partial charge in [0.1, 0.15) is 5.75 Å². The van der Waals surface area contributed by atoms with Crippen molar-refractivity contribution < 1.29 is 14.2 Å². The second-order valence-corrected chi connectivity index (χ2v) is 3.96. The maximum absolute atomic E-state index is 5.35. The van der Waals surface area contributed by atoms with Crippen molar-refractivity contribution >= 4 is 12.6 Å². The number of hydrogen-bond acceptors (Lipinski definition) is 5. The Labute approximate surface area is 108 Å². The van der Waals surface area contributed by atoms with E-state index in [2.05, 4.69) is 17.5 Å². The zero-order valence-electron chi connectivity index (χ0n) is 10.7. The summed E-state index contributed by atoms with van der Waals surface area (Å²) >= 11 is 4.23. The second kappa shape index (κ2) is 6.61. The molecule has 17 heavy (non-hydrogen) atoms. The van der Waals surface area contributed by atoms with Crippen LogP contribution in [-0.2, 0) is 6.54 Å². The van der Waals surface area contributed by atoms with Crippen molar-refractivity contribution in [3.05, 3.63) is 17.7 Å². The smallest absolute Gasteiger partial charge is 0.164 e. The molecule has 1 aromatic carbocycles. The van der Waals surface area contributed by atoms with Crippen molar-refractivity contribution in [2.24, 2.45) is 0 Å². The normalized spacial score (nSPS) is 10.5. The van der Waals surface area contributed by atoms with Crippen LogP contribution in [-0.4, -0.2) is 39.2 Å². The topological polar surface area (TPSA) is 30.9 Å². The standard InChI is InChI=1S/C12H19NO3S/c1-13(8-17)7-9-5-11(15-3)12(16-4)6-10(9)14-2/h5-6,17H,7-8H2,1-4H3. The first-order valence-corrected chi connectivity index (χ1v) is 5.87. The van der Waals surface area contributed by atoms with Crippen LogP contribution in [0.1, 0.15) is 5.56 Å². The van der Waals surface area contributed by atoms with Gasteiger partial charge in [-0.1, -0.05) is 0 Å². The van der Waals surface area contributed by atoms with Gasteiger partial charge in [0, 0.05) is 24.1 Å².